The molecule has 196 valence electrons. The molecule has 10 nitrogen and oxygen atoms in total. The number of nitrogen functional groups attached to an aromatic ring is 1. The fourth-order valence-electron chi connectivity index (χ4n) is 3.82. The average molecular weight is 526 g/mol. The molecule has 0 saturated heterocycles. The zero-order valence-corrected chi connectivity index (χ0v) is 22.4. The summed E-state index contributed by atoms with van der Waals surface area (Å²) in [5, 5.41) is 2.98. The van der Waals surface area contributed by atoms with Crippen LogP contribution in [0.2, 0.25) is 0 Å². The predicted octanol–water partition coefficient (Wildman–Crippen LogP) is 3.45. The molecule has 0 fully saturated rings. The number of carbonyl (C=O) groups is 3. The lowest BCUT2D eigenvalue weighted by Crippen LogP contribution is -2.49. The van der Waals surface area contributed by atoms with Crippen molar-refractivity contribution in [1.29, 1.82) is 0 Å². The third-order valence-corrected chi connectivity index (χ3v) is 6.33. The molecule has 0 unspecified atom stereocenters. The number of hydrogen-bond acceptors (Lipinski definition) is 8. The second-order valence-electron chi connectivity index (χ2n) is 9.36. The number of primary amides is 1. The molecule has 0 aliphatic carbocycles. The summed E-state index contributed by atoms with van der Waals surface area (Å²) in [6.45, 7) is 7.36. The van der Waals surface area contributed by atoms with Crippen molar-refractivity contribution < 1.29 is 23.9 Å². The number of nitrogens with zero attached hydrogens (tertiary/aromatic N) is 2. The van der Waals surface area contributed by atoms with Crippen LogP contribution in [0.15, 0.2) is 42.5 Å². The largest absolute Gasteiger partial charge is 0.493 e. The minimum absolute atomic E-state index is 0.00825. The highest BCUT2D eigenvalue weighted by Gasteiger charge is 2.38. The number of carbonyl (C=O) groups excluding carboxylic acids is 3. The number of hydrogen-bond donors (Lipinski definition) is 3. The molecule has 0 spiro atoms. The van der Waals surface area contributed by atoms with Crippen LogP contribution in [0.1, 0.15) is 58.1 Å². The van der Waals surface area contributed by atoms with Gasteiger partial charge in [-0.25, -0.2) is 0 Å². The molecule has 1 aromatic heterocycles. The summed E-state index contributed by atoms with van der Waals surface area (Å²) in [4.78, 5) is 41.1. The summed E-state index contributed by atoms with van der Waals surface area (Å²) < 4.78 is 14.8. The van der Waals surface area contributed by atoms with Gasteiger partial charge >= 0.3 is 0 Å². The quantitative estimate of drug-likeness (QED) is 0.408. The van der Waals surface area contributed by atoms with E-state index in [-0.39, 0.29) is 16.3 Å². The summed E-state index contributed by atoms with van der Waals surface area (Å²) in [6, 6.07) is 11.0. The SMILES string of the molecule is COc1ccc([C@@H](C(=O)NC(C)(C)C)N(C(=O)c2snc(C(N)=O)c2N)c2ccccc2C)cc1OC. The average Bonchev–Trinajstić information content (AvgIpc) is 3.22. The molecule has 0 aliphatic heterocycles. The number of anilines is 2. The second kappa shape index (κ2) is 10.9. The number of rotatable bonds is 8. The first-order valence-corrected chi connectivity index (χ1v) is 12.1. The van der Waals surface area contributed by atoms with Crippen molar-refractivity contribution in [2.45, 2.75) is 39.3 Å². The molecule has 11 heteroatoms. The van der Waals surface area contributed by atoms with E-state index < -0.39 is 29.3 Å². The number of aromatic nitrogens is 1. The Morgan fingerprint density at radius 3 is 2.24 bits per heavy atom. The van der Waals surface area contributed by atoms with Crippen molar-refractivity contribution in [2.75, 3.05) is 24.9 Å². The molecule has 0 bridgehead atoms. The Morgan fingerprint density at radius 1 is 1.05 bits per heavy atom. The third-order valence-electron chi connectivity index (χ3n) is 5.48. The van der Waals surface area contributed by atoms with E-state index in [1.54, 1.807) is 30.3 Å². The van der Waals surface area contributed by atoms with Crippen molar-refractivity contribution in [3.63, 3.8) is 0 Å². The number of para-hydroxylation sites is 1. The first kappa shape index (κ1) is 27.5. The lowest BCUT2D eigenvalue weighted by molar-refractivity contribution is -0.123. The summed E-state index contributed by atoms with van der Waals surface area (Å²) in [5.41, 5.74) is 12.2. The molecule has 1 heterocycles. The maximum Gasteiger partial charge on any atom is 0.273 e. The van der Waals surface area contributed by atoms with Crippen molar-refractivity contribution in [1.82, 2.24) is 9.69 Å². The summed E-state index contributed by atoms with van der Waals surface area (Å²) in [6.07, 6.45) is 0. The van der Waals surface area contributed by atoms with Crippen LogP contribution in [0.5, 0.6) is 11.5 Å². The maximum absolute atomic E-state index is 14.1. The number of ether oxygens (including phenoxy) is 2. The Hall–Kier alpha value is -4.12. The van der Waals surface area contributed by atoms with Gasteiger partial charge in [0.15, 0.2) is 17.2 Å². The van der Waals surface area contributed by atoms with Crippen LogP contribution in [-0.4, -0.2) is 41.9 Å². The lowest BCUT2D eigenvalue weighted by Gasteiger charge is -2.34. The smallest absolute Gasteiger partial charge is 0.273 e. The molecule has 37 heavy (non-hydrogen) atoms. The third kappa shape index (κ3) is 5.83. The molecule has 0 aliphatic rings. The zero-order chi connectivity index (χ0) is 27.5. The van der Waals surface area contributed by atoms with Gasteiger partial charge < -0.3 is 26.3 Å². The van der Waals surface area contributed by atoms with Gasteiger partial charge in [0, 0.05) is 11.2 Å². The number of amides is 3. The minimum Gasteiger partial charge on any atom is -0.493 e. The molecule has 3 rings (SSSR count). The van der Waals surface area contributed by atoms with Crippen LogP contribution in [0.3, 0.4) is 0 Å². The van der Waals surface area contributed by atoms with Crippen LogP contribution in [-0.2, 0) is 4.79 Å². The first-order chi connectivity index (χ1) is 17.4. The minimum atomic E-state index is -1.15. The number of aryl methyl sites for hydroxylation is 1. The highest BCUT2D eigenvalue weighted by molar-refractivity contribution is 7.09. The van der Waals surface area contributed by atoms with Crippen molar-refractivity contribution in [3.05, 3.63) is 64.2 Å². The summed E-state index contributed by atoms with van der Waals surface area (Å²) in [5.74, 6) is -1.04. The zero-order valence-electron chi connectivity index (χ0n) is 21.6. The molecule has 0 radical (unpaired) electrons. The van der Waals surface area contributed by atoms with Gasteiger partial charge in [0.1, 0.15) is 10.9 Å². The van der Waals surface area contributed by atoms with Gasteiger partial charge in [-0.05, 0) is 68.6 Å². The van der Waals surface area contributed by atoms with Crippen LogP contribution in [0.25, 0.3) is 0 Å². The van der Waals surface area contributed by atoms with Gasteiger partial charge in [-0.15, -0.1) is 0 Å². The predicted molar refractivity (Wildman–Crippen MR) is 143 cm³/mol. The van der Waals surface area contributed by atoms with E-state index >= 15 is 0 Å². The molecule has 3 amide bonds. The van der Waals surface area contributed by atoms with Gasteiger partial charge in [0.25, 0.3) is 11.8 Å². The number of nitrogens with two attached hydrogens (primary N) is 2. The van der Waals surface area contributed by atoms with E-state index in [4.69, 9.17) is 20.9 Å². The normalized spacial score (nSPS) is 11.9. The Morgan fingerprint density at radius 2 is 1.70 bits per heavy atom. The fraction of sp³-hybridized carbons (Fsp3) is 0.308. The Bertz CT molecular complexity index is 1330. The van der Waals surface area contributed by atoms with Gasteiger partial charge in [0.05, 0.1) is 19.9 Å². The fourth-order valence-corrected chi connectivity index (χ4v) is 4.56. The molecule has 2 aromatic carbocycles. The molecule has 3 aromatic rings. The van der Waals surface area contributed by atoms with Gasteiger partial charge in [-0.3, -0.25) is 19.3 Å². The lowest BCUT2D eigenvalue weighted by atomic mass is 9.99. The number of nitrogens with one attached hydrogen (secondary N) is 1. The van der Waals surface area contributed by atoms with E-state index in [0.29, 0.717) is 22.7 Å². The van der Waals surface area contributed by atoms with E-state index in [2.05, 4.69) is 9.69 Å². The summed E-state index contributed by atoms with van der Waals surface area (Å²) in [7, 11) is 2.99. The molecular formula is C26H31N5O5S. The van der Waals surface area contributed by atoms with E-state index in [9.17, 15) is 14.4 Å². The number of methoxy groups -OCH3 is 2. The van der Waals surface area contributed by atoms with Crippen LogP contribution in [0, 0.1) is 6.92 Å². The van der Waals surface area contributed by atoms with Crippen molar-refractivity contribution >= 4 is 40.6 Å². The monoisotopic (exact) mass is 525 g/mol. The van der Waals surface area contributed by atoms with Crippen LogP contribution < -0.4 is 31.2 Å². The Labute approximate surface area is 219 Å². The van der Waals surface area contributed by atoms with Crippen molar-refractivity contribution in [3.8, 4) is 11.5 Å². The molecule has 5 N–H and O–H groups in total. The van der Waals surface area contributed by atoms with Crippen LogP contribution >= 0.6 is 11.5 Å². The second-order valence-corrected chi connectivity index (χ2v) is 10.1. The Balaban J connectivity index is 2.30. The molecule has 0 saturated carbocycles. The number of benzene rings is 2. The van der Waals surface area contributed by atoms with E-state index in [0.717, 1.165) is 17.1 Å². The van der Waals surface area contributed by atoms with Gasteiger partial charge in [-0.1, -0.05) is 24.3 Å². The first-order valence-electron chi connectivity index (χ1n) is 11.4. The highest BCUT2D eigenvalue weighted by Crippen LogP contribution is 2.38. The highest BCUT2D eigenvalue weighted by atomic mass is 32.1. The standard InChI is InChI=1S/C26H31N5O5S/c1-14-9-7-8-10-16(14)31(25(34)22-19(27)20(23(28)32)30-37-22)21(24(33)29-26(2,3)4)15-11-12-17(35-5)18(13-15)36-6/h7-13,21H,27H2,1-6H3,(H2,28,32)(H,29,33)/t21-/m0/s1. The molecule has 1 atom stereocenters. The summed E-state index contributed by atoms with van der Waals surface area (Å²) >= 11 is 0.749. The topological polar surface area (TPSA) is 150 Å². The maximum atomic E-state index is 14.1. The van der Waals surface area contributed by atoms with Gasteiger partial charge in [0.2, 0.25) is 5.91 Å². The molecular weight excluding hydrogens is 494 g/mol. The van der Waals surface area contributed by atoms with Crippen LogP contribution in [0.4, 0.5) is 11.4 Å². The Kier molecular flexibility index (Phi) is 8.07. The van der Waals surface area contributed by atoms with E-state index in [1.165, 1.54) is 19.1 Å². The van der Waals surface area contributed by atoms with Gasteiger partial charge in [-0.2, -0.15) is 4.37 Å². The van der Waals surface area contributed by atoms with Crippen molar-refractivity contribution in [2.24, 2.45) is 5.73 Å². The van der Waals surface area contributed by atoms with E-state index in [1.807, 2.05) is 39.8 Å².